The fourth-order valence-corrected chi connectivity index (χ4v) is 3.95. The molecule has 1 heterocycles. The highest BCUT2D eigenvalue weighted by atomic mass is 32.2. The van der Waals surface area contributed by atoms with Gasteiger partial charge in [0.15, 0.2) is 5.96 Å². The fraction of sp³-hybridized carbons (Fsp3) is 0.765. The lowest BCUT2D eigenvalue weighted by Gasteiger charge is -2.24. The number of thiazole rings is 1. The van der Waals surface area contributed by atoms with Gasteiger partial charge in [0.1, 0.15) is 5.01 Å². The first kappa shape index (κ1) is 18.6. The summed E-state index contributed by atoms with van der Waals surface area (Å²) in [5.41, 5.74) is 1.34. The smallest absolute Gasteiger partial charge is 0.194 e. The quantitative estimate of drug-likeness (QED) is 0.626. The topological polar surface area (TPSA) is 40.5 Å². The Bertz CT molecular complexity index is 513. The predicted molar refractivity (Wildman–Crippen MR) is 104 cm³/mol. The maximum Gasteiger partial charge on any atom is 0.194 e. The largest absolute Gasteiger partial charge is 0.357 e. The van der Waals surface area contributed by atoms with Gasteiger partial charge in [-0.25, -0.2) is 4.98 Å². The van der Waals surface area contributed by atoms with Gasteiger partial charge >= 0.3 is 0 Å². The van der Waals surface area contributed by atoms with Gasteiger partial charge in [-0.2, -0.15) is 11.8 Å². The lowest BCUT2D eigenvalue weighted by Crippen LogP contribution is -2.39. The Balaban J connectivity index is 2.04. The highest BCUT2D eigenvalue weighted by Crippen LogP contribution is 2.27. The minimum atomic E-state index is 0.168. The third-order valence-electron chi connectivity index (χ3n) is 4.12. The molecule has 0 unspecified atom stereocenters. The predicted octanol–water partition coefficient (Wildman–Crippen LogP) is 3.56. The van der Waals surface area contributed by atoms with Crippen LogP contribution in [0.3, 0.4) is 0 Å². The molecule has 6 heteroatoms. The molecule has 1 aromatic rings. The molecule has 0 fully saturated rings. The number of aliphatic imine (C=N–C) groups is 1. The SMILES string of the molecule is CCNC(=NCC(C)(C)SC)N(C)Cc1nc2c(s1)CCCC2. The van der Waals surface area contributed by atoms with Crippen molar-refractivity contribution in [3.8, 4) is 0 Å². The van der Waals surface area contributed by atoms with E-state index in [1.54, 1.807) is 0 Å². The Labute approximate surface area is 149 Å². The minimum absolute atomic E-state index is 0.168. The maximum atomic E-state index is 4.85. The van der Waals surface area contributed by atoms with Gasteiger partial charge in [0.2, 0.25) is 0 Å². The highest BCUT2D eigenvalue weighted by molar-refractivity contribution is 7.99. The number of hydrogen-bond donors (Lipinski definition) is 1. The Morgan fingerprint density at radius 1 is 1.39 bits per heavy atom. The van der Waals surface area contributed by atoms with Crippen molar-refractivity contribution in [3.05, 3.63) is 15.6 Å². The van der Waals surface area contributed by atoms with Gasteiger partial charge in [-0.3, -0.25) is 4.99 Å². The van der Waals surface area contributed by atoms with Crippen molar-refractivity contribution in [2.45, 2.75) is 57.7 Å². The van der Waals surface area contributed by atoms with Gasteiger partial charge < -0.3 is 10.2 Å². The van der Waals surface area contributed by atoms with Crippen LogP contribution >= 0.6 is 23.1 Å². The second kappa shape index (κ2) is 8.38. The molecular formula is C17H30N4S2. The van der Waals surface area contributed by atoms with E-state index in [0.717, 1.165) is 32.0 Å². The van der Waals surface area contributed by atoms with Crippen molar-refractivity contribution in [1.29, 1.82) is 0 Å². The molecule has 2 rings (SSSR count). The fourth-order valence-electron chi connectivity index (χ4n) is 2.55. The summed E-state index contributed by atoms with van der Waals surface area (Å²) < 4.78 is 0.168. The first-order valence-corrected chi connectivity index (χ1v) is 10.5. The number of nitrogens with zero attached hydrogens (tertiary/aromatic N) is 3. The van der Waals surface area contributed by atoms with Crippen molar-refractivity contribution >= 4 is 29.1 Å². The van der Waals surface area contributed by atoms with E-state index in [1.807, 2.05) is 23.1 Å². The number of aryl methyl sites for hydroxylation is 2. The van der Waals surface area contributed by atoms with Gasteiger partial charge in [0.05, 0.1) is 18.8 Å². The molecule has 0 spiro atoms. The summed E-state index contributed by atoms with van der Waals surface area (Å²) in [6.45, 7) is 9.13. The number of nitrogens with one attached hydrogen (secondary N) is 1. The Kier molecular flexibility index (Phi) is 6.77. The van der Waals surface area contributed by atoms with Crippen LogP contribution in [0.1, 0.15) is 49.2 Å². The van der Waals surface area contributed by atoms with Crippen molar-refractivity contribution in [2.24, 2.45) is 4.99 Å². The van der Waals surface area contributed by atoms with E-state index in [1.165, 1.54) is 34.8 Å². The molecule has 130 valence electrons. The zero-order valence-corrected chi connectivity index (χ0v) is 16.7. The number of rotatable bonds is 6. The van der Waals surface area contributed by atoms with E-state index in [4.69, 9.17) is 9.98 Å². The van der Waals surface area contributed by atoms with E-state index in [9.17, 15) is 0 Å². The molecule has 0 aromatic carbocycles. The monoisotopic (exact) mass is 354 g/mol. The van der Waals surface area contributed by atoms with E-state index in [0.29, 0.717) is 0 Å². The summed E-state index contributed by atoms with van der Waals surface area (Å²) in [5, 5.41) is 4.62. The molecular weight excluding hydrogens is 324 g/mol. The van der Waals surface area contributed by atoms with Crippen LogP contribution in [-0.4, -0.2) is 47.0 Å². The second-order valence-corrected chi connectivity index (χ2v) is 9.36. The zero-order chi connectivity index (χ0) is 16.9. The van der Waals surface area contributed by atoms with Crippen LogP contribution in [0.2, 0.25) is 0 Å². The first-order chi connectivity index (χ1) is 10.9. The molecule has 0 saturated heterocycles. The van der Waals surface area contributed by atoms with Gasteiger partial charge in [-0.05, 0) is 52.7 Å². The summed E-state index contributed by atoms with van der Waals surface area (Å²) in [6, 6.07) is 0. The molecule has 1 aliphatic carbocycles. The molecule has 0 radical (unpaired) electrons. The Hall–Kier alpha value is -0.750. The van der Waals surface area contributed by atoms with Crippen LogP contribution in [-0.2, 0) is 19.4 Å². The third-order valence-corrected chi connectivity index (χ3v) is 6.50. The normalized spacial score (nSPS) is 15.4. The number of aromatic nitrogens is 1. The first-order valence-electron chi connectivity index (χ1n) is 8.47. The summed E-state index contributed by atoms with van der Waals surface area (Å²) in [6.07, 6.45) is 7.13. The van der Waals surface area contributed by atoms with Crippen molar-refractivity contribution < 1.29 is 0 Å². The molecule has 0 saturated carbocycles. The van der Waals surface area contributed by atoms with E-state index in [2.05, 4.69) is 44.3 Å². The van der Waals surface area contributed by atoms with E-state index < -0.39 is 0 Å². The van der Waals surface area contributed by atoms with Crippen molar-refractivity contribution in [2.75, 3.05) is 26.4 Å². The van der Waals surface area contributed by atoms with Crippen LogP contribution in [0.5, 0.6) is 0 Å². The van der Waals surface area contributed by atoms with Crippen LogP contribution in [0.25, 0.3) is 0 Å². The van der Waals surface area contributed by atoms with Gasteiger partial charge in [0.25, 0.3) is 0 Å². The lowest BCUT2D eigenvalue weighted by atomic mass is 10.0. The molecule has 1 aromatic heterocycles. The standard InChI is InChI=1S/C17H30N4S2/c1-6-18-16(19-12-17(2,3)22-5)21(4)11-15-20-13-9-7-8-10-14(13)23-15/h6-12H2,1-5H3,(H,18,19). The third kappa shape index (κ3) is 5.38. The molecule has 0 aliphatic heterocycles. The second-order valence-electron chi connectivity index (χ2n) is 6.67. The molecule has 0 amide bonds. The summed E-state index contributed by atoms with van der Waals surface area (Å²) in [4.78, 5) is 13.4. The summed E-state index contributed by atoms with van der Waals surface area (Å²) in [5.74, 6) is 0.975. The summed E-state index contributed by atoms with van der Waals surface area (Å²) >= 11 is 3.74. The summed E-state index contributed by atoms with van der Waals surface area (Å²) in [7, 11) is 2.11. The number of guanidine groups is 1. The van der Waals surface area contributed by atoms with Gasteiger partial charge in [0, 0.05) is 23.2 Å². The van der Waals surface area contributed by atoms with Gasteiger partial charge in [-0.1, -0.05) is 0 Å². The highest BCUT2D eigenvalue weighted by Gasteiger charge is 2.18. The maximum absolute atomic E-state index is 4.85. The Morgan fingerprint density at radius 2 is 2.13 bits per heavy atom. The number of hydrogen-bond acceptors (Lipinski definition) is 4. The van der Waals surface area contributed by atoms with Gasteiger partial charge in [-0.15, -0.1) is 11.3 Å². The minimum Gasteiger partial charge on any atom is -0.357 e. The molecule has 23 heavy (non-hydrogen) atoms. The van der Waals surface area contributed by atoms with Crippen LogP contribution < -0.4 is 5.32 Å². The molecule has 0 atom stereocenters. The molecule has 4 nitrogen and oxygen atoms in total. The van der Waals surface area contributed by atoms with Crippen molar-refractivity contribution in [3.63, 3.8) is 0 Å². The average Bonchev–Trinajstić information content (AvgIpc) is 2.93. The van der Waals surface area contributed by atoms with Crippen LogP contribution in [0, 0.1) is 0 Å². The van der Waals surface area contributed by atoms with Crippen LogP contribution in [0.15, 0.2) is 4.99 Å². The Morgan fingerprint density at radius 3 is 2.78 bits per heavy atom. The number of thioether (sulfide) groups is 1. The molecule has 1 aliphatic rings. The van der Waals surface area contributed by atoms with E-state index in [-0.39, 0.29) is 4.75 Å². The van der Waals surface area contributed by atoms with Crippen LogP contribution in [0.4, 0.5) is 0 Å². The lowest BCUT2D eigenvalue weighted by molar-refractivity contribution is 0.473. The molecule has 1 N–H and O–H groups in total. The van der Waals surface area contributed by atoms with Crippen molar-refractivity contribution in [1.82, 2.24) is 15.2 Å². The average molecular weight is 355 g/mol. The number of fused-ring (bicyclic) bond motifs is 1. The van der Waals surface area contributed by atoms with E-state index >= 15 is 0 Å². The zero-order valence-electron chi connectivity index (χ0n) is 15.1. The molecule has 0 bridgehead atoms.